The zero-order valence-electron chi connectivity index (χ0n) is 18.6. The number of rotatable bonds is 10. The molecule has 0 saturated heterocycles. The van der Waals surface area contributed by atoms with Gasteiger partial charge in [-0.15, -0.1) is 0 Å². The first-order valence-corrected chi connectivity index (χ1v) is 11.7. The second-order valence-electron chi connectivity index (χ2n) is 7.28. The van der Waals surface area contributed by atoms with Crippen molar-refractivity contribution in [3.8, 4) is 11.5 Å². The number of ether oxygens (including phenoxy) is 2. The highest BCUT2D eigenvalue weighted by molar-refractivity contribution is 7.89. The Labute approximate surface area is 188 Å². The van der Waals surface area contributed by atoms with Crippen molar-refractivity contribution in [1.29, 1.82) is 0 Å². The number of methoxy groups -OCH3 is 1. The van der Waals surface area contributed by atoms with Crippen LogP contribution in [-0.4, -0.2) is 40.0 Å². The van der Waals surface area contributed by atoms with Gasteiger partial charge < -0.3 is 9.47 Å². The van der Waals surface area contributed by atoms with Crippen molar-refractivity contribution < 1.29 is 27.5 Å². The van der Waals surface area contributed by atoms with E-state index in [1.54, 1.807) is 26.0 Å². The molecule has 32 heavy (non-hydrogen) atoms. The summed E-state index contributed by atoms with van der Waals surface area (Å²) in [5.41, 5.74) is 5.09. The van der Waals surface area contributed by atoms with Crippen LogP contribution in [0.4, 0.5) is 0 Å². The number of hydrazine groups is 1. The number of carbonyl (C=O) groups excluding carboxylic acids is 2. The van der Waals surface area contributed by atoms with E-state index in [-0.39, 0.29) is 22.1 Å². The van der Waals surface area contributed by atoms with Crippen LogP contribution in [-0.2, 0) is 10.0 Å². The fourth-order valence-electron chi connectivity index (χ4n) is 2.68. The molecule has 0 saturated carbocycles. The number of sulfonamides is 1. The largest absolute Gasteiger partial charge is 0.493 e. The van der Waals surface area contributed by atoms with Crippen molar-refractivity contribution in [1.82, 2.24) is 15.6 Å². The summed E-state index contributed by atoms with van der Waals surface area (Å²) in [5, 5.41) is 0. The Morgan fingerprint density at radius 1 is 0.938 bits per heavy atom. The van der Waals surface area contributed by atoms with Crippen molar-refractivity contribution in [2.75, 3.05) is 13.7 Å². The first kappa shape index (κ1) is 25.2. The van der Waals surface area contributed by atoms with Crippen LogP contribution in [0.25, 0.3) is 0 Å². The monoisotopic (exact) mass is 463 g/mol. The average Bonchev–Trinajstić information content (AvgIpc) is 2.76. The standard InChI is InChI=1S/C22H29N3O6S/c1-5-6-13-31-19-12-9-17(14-20(19)30-4)22(27)24-23-21(26)16-7-10-18(11-8-16)32(28,29)25-15(2)3/h7-12,14-15,25H,5-6,13H2,1-4H3,(H,23,26)(H,24,27). The third-order valence-electron chi connectivity index (χ3n) is 4.29. The van der Waals surface area contributed by atoms with E-state index in [4.69, 9.17) is 9.47 Å². The quantitative estimate of drug-likeness (QED) is 0.368. The lowest BCUT2D eigenvalue weighted by molar-refractivity contribution is 0.0846. The molecule has 0 atom stereocenters. The number of nitrogens with one attached hydrogen (secondary N) is 3. The van der Waals surface area contributed by atoms with Crippen LogP contribution in [0.3, 0.4) is 0 Å². The summed E-state index contributed by atoms with van der Waals surface area (Å²) in [7, 11) is -2.18. The van der Waals surface area contributed by atoms with Gasteiger partial charge in [0.15, 0.2) is 11.5 Å². The molecule has 174 valence electrons. The van der Waals surface area contributed by atoms with Crippen molar-refractivity contribution in [2.45, 2.75) is 44.6 Å². The zero-order valence-corrected chi connectivity index (χ0v) is 19.4. The lowest BCUT2D eigenvalue weighted by Crippen LogP contribution is -2.41. The van der Waals surface area contributed by atoms with E-state index in [0.717, 1.165) is 12.8 Å². The minimum Gasteiger partial charge on any atom is -0.493 e. The number of carbonyl (C=O) groups is 2. The van der Waals surface area contributed by atoms with Crippen LogP contribution < -0.4 is 25.0 Å². The predicted octanol–water partition coefficient (Wildman–Crippen LogP) is 2.64. The topological polar surface area (TPSA) is 123 Å². The Morgan fingerprint density at radius 2 is 1.53 bits per heavy atom. The molecular weight excluding hydrogens is 434 g/mol. The van der Waals surface area contributed by atoms with Gasteiger partial charge in [-0.1, -0.05) is 13.3 Å². The second kappa shape index (κ2) is 11.5. The van der Waals surface area contributed by atoms with Gasteiger partial charge in [0.2, 0.25) is 10.0 Å². The number of hydrogen-bond acceptors (Lipinski definition) is 6. The van der Waals surface area contributed by atoms with E-state index in [1.807, 2.05) is 0 Å². The molecule has 0 radical (unpaired) electrons. The summed E-state index contributed by atoms with van der Waals surface area (Å²) in [5.74, 6) is -0.196. The van der Waals surface area contributed by atoms with Crippen LogP contribution in [0.2, 0.25) is 0 Å². The summed E-state index contributed by atoms with van der Waals surface area (Å²) in [6, 6.07) is 9.83. The molecule has 10 heteroatoms. The van der Waals surface area contributed by atoms with Gasteiger partial charge in [-0.05, 0) is 62.7 Å². The minimum atomic E-state index is -3.66. The smallest absolute Gasteiger partial charge is 0.269 e. The molecular formula is C22H29N3O6S. The Bertz CT molecular complexity index is 1040. The highest BCUT2D eigenvalue weighted by atomic mass is 32.2. The van der Waals surface area contributed by atoms with Crippen LogP contribution in [0.5, 0.6) is 11.5 Å². The van der Waals surface area contributed by atoms with Crippen molar-refractivity contribution in [3.63, 3.8) is 0 Å². The Morgan fingerprint density at radius 3 is 2.09 bits per heavy atom. The summed E-state index contributed by atoms with van der Waals surface area (Å²) < 4.78 is 37.7. The summed E-state index contributed by atoms with van der Waals surface area (Å²) in [6.07, 6.45) is 1.90. The molecule has 2 aromatic carbocycles. The molecule has 0 aliphatic carbocycles. The number of hydrogen-bond donors (Lipinski definition) is 3. The van der Waals surface area contributed by atoms with E-state index in [2.05, 4.69) is 22.5 Å². The Hall–Kier alpha value is -3.11. The maximum absolute atomic E-state index is 12.4. The number of amides is 2. The molecule has 0 aliphatic rings. The fraction of sp³-hybridized carbons (Fsp3) is 0.364. The fourth-order valence-corrected chi connectivity index (χ4v) is 3.93. The maximum atomic E-state index is 12.4. The van der Waals surface area contributed by atoms with E-state index in [9.17, 15) is 18.0 Å². The van der Waals surface area contributed by atoms with Crippen molar-refractivity contribution >= 4 is 21.8 Å². The van der Waals surface area contributed by atoms with Crippen LogP contribution in [0.1, 0.15) is 54.3 Å². The van der Waals surface area contributed by atoms with Crippen LogP contribution in [0, 0.1) is 0 Å². The molecule has 2 rings (SSSR count). The van der Waals surface area contributed by atoms with Crippen molar-refractivity contribution in [2.24, 2.45) is 0 Å². The second-order valence-corrected chi connectivity index (χ2v) is 8.99. The van der Waals surface area contributed by atoms with Gasteiger partial charge in [-0.2, -0.15) is 0 Å². The van der Waals surface area contributed by atoms with Crippen LogP contribution >= 0.6 is 0 Å². The van der Waals surface area contributed by atoms with Gasteiger partial charge in [0.05, 0.1) is 18.6 Å². The van der Waals surface area contributed by atoms with Crippen LogP contribution in [0.15, 0.2) is 47.4 Å². The third kappa shape index (κ3) is 6.96. The molecule has 0 aliphatic heterocycles. The van der Waals surface area contributed by atoms with Crippen molar-refractivity contribution in [3.05, 3.63) is 53.6 Å². The molecule has 0 unspecified atom stereocenters. The Kier molecular flexibility index (Phi) is 9.03. The maximum Gasteiger partial charge on any atom is 0.269 e. The minimum absolute atomic E-state index is 0.0418. The Balaban J connectivity index is 2.00. The zero-order chi connectivity index (χ0) is 23.7. The van der Waals surface area contributed by atoms with E-state index >= 15 is 0 Å². The number of benzene rings is 2. The van der Waals surface area contributed by atoms with Gasteiger partial charge in [0, 0.05) is 17.2 Å². The molecule has 0 fully saturated rings. The normalized spacial score (nSPS) is 11.2. The van der Waals surface area contributed by atoms with Gasteiger partial charge in [0.25, 0.3) is 11.8 Å². The summed E-state index contributed by atoms with van der Waals surface area (Å²) in [6.45, 7) is 6.03. The first-order chi connectivity index (χ1) is 15.2. The third-order valence-corrected chi connectivity index (χ3v) is 5.96. The highest BCUT2D eigenvalue weighted by Gasteiger charge is 2.17. The predicted molar refractivity (Wildman–Crippen MR) is 120 cm³/mol. The molecule has 0 bridgehead atoms. The molecule has 2 amide bonds. The molecule has 0 heterocycles. The highest BCUT2D eigenvalue weighted by Crippen LogP contribution is 2.28. The van der Waals surface area contributed by atoms with Gasteiger partial charge in [-0.3, -0.25) is 20.4 Å². The molecule has 3 N–H and O–H groups in total. The summed E-state index contributed by atoms with van der Waals surface area (Å²) >= 11 is 0. The average molecular weight is 464 g/mol. The lowest BCUT2D eigenvalue weighted by Gasteiger charge is -2.13. The molecule has 9 nitrogen and oxygen atoms in total. The lowest BCUT2D eigenvalue weighted by atomic mass is 10.2. The SMILES string of the molecule is CCCCOc1ccc(C(=O)NNC(=O)c2ccc(S(=O)(=O)NC(C)C)cc2)cc1OC. The van der Waals surface area contributed by atoms with E-state index in [1.165, 1.54) is 37.4 Å². The summed E-state index contributed by atoms with van der Waals surface area (Å²) in [4.78, 5) is 24.7. The molecule has 2 aromatic rings. The van der Waals surface area contributed by atoms with E-state index in [0.29, 0.717) is 18.1 Å². The van der Waals surface area contributed by atoms with Gasteiger partial charge in [-0.25, -0.2) is 13.1 Å². The molecule has 0 aromatic heterocycles. The first-order valence-electron chi connectivity index (χ1n) is 10.2. The van der Waals surface area contributed by atoms with Gasteiger partial charge in [0.1, 0.15) is 0 Å². The van der Waals surface area contributed by atoms with Gasteiger partial charge >= 0.3 is 0 Å². The number of unbranched alkanes of at least 4 members (excludes halogenated alkanes) is 1. The van der Waals surface area contributed by atoms with E-state index < -0.39 is 21.8 Å². The molecule has 0 spiro atoms.